The van der Waals surface area contributed by atoms with Crippen LogP contribution in [0.15, 0.2) is 139 Å². The minimum absolute atomic E-state index is 0.227. The second-order valence-corrected chi connectivity index (χ2v) is 10.1. The van der Waals surface area contributed by atoms with Crippen LogP contribution in [0, 0.1) is 11.8 Å². The van der Waals surface area contributed by atoms with E-state index in [0.717, 1.165) is 48.0 Å². The summed E-state index contributed by atoms with van der Waals surface area (Å²) in [4.78, 5) is 0. The van der Waals surface area contributed by atoms with Gasteiger partial charge in [-0.25, -0.2) is 0 Å². The maximum Gasteiger partial charge on any atom is 0.208 e. The second-order valence-electron chi connectivity index (χ2n) is 10.1. The predicted octanol–water partition coefficient (Wildman–Crippen LogP) is 8.29. The van der Waals surface area contributed by atoms with Crippen LogP contribution in [0.5, 0.6) is 28.7 Å². The van der Waals surface area contributed by atoms with E-state index in [4.69, 9.17) is 0 Å². The Bertz CT molecular complexity index is 1550. The van der Waals surface area contributed by atoms with Crippen molar-refractivity contribution in [3.63, 3.8) is 0 Å². The summed E-state index contributed by atoms with van der Waals surface area (Å²) >= 11 is 0. The molecule has 0 bridgehead atoms. The average molecular weight is 549 g/mol. The lowest BCUT2D eigenvalue weighted by atomic mass is 9.66. The summed E-state index contributed by atoms with van der Waals surface area (Å²) in [5.74, 6) is -5.36. The zero-order chi connectivity index (χ0) is 30.0. The highest BCUT2D eigenvalue weighted by molar-refractivity contribution is 5.91. The van der Waals surface area contributed by atoms with Crippen LogP contribution in [-0.2, 0) is 0 Å². The lowest BCUT2D eigenvalue weighted by Crippen LogP contribution is -2.24. The summed E-state index contributed by atoms with van der Waals surface area (Å²) in [7, 11) is 0. The van der Waals surface area contributed by atoms with E-state index < -0.39 is 34.7 Å². The van der Waals surface area contributed by atoms with Gasteiger partial charge in [0, 0.05) is 11.8 Å². The lowest BCUT2D eigenvalue weighted by molar-refractivity contribution is 0.326. The minimum atomic E-state index is -1.02. The third kappa shape index (κ3) is 4.63. The molecule has 0 radical (unpaired) electrons. The highest BCUT2D eigenvalue weighted by Crippen LogP contribution is 2.58. The molecular formula is C36H36O5. The summed E-state index contributed by atoms with van der Waals surface area (Å²) in [5.41, 5.74) is 8.20. The zero-order valence-corrected chi connectivity index (χ0v) is 23.2. The molecule has 0 aromatic heterocycles. The van der Waals surface area contributed by atoms with Crippen molar-refractivity contribution < 1.29 is 25.5 Å². The van der Waals surface area contributed by atoms with Gasteiger partial charge >= 0.3 is 0 Å². The molecule has 1 aromatic rings. The topological polar surface area (TPSA) is 101 Å². The van der Waals surface area contributed by atoms with E-state index in [1.807, 2.05) is 12.2 Å². The molecule has 2 unspecified atom stereocenters. The highest BCUT2D eigenvalue weighted by atomic mass is 16.4. The third-order valence-electron chi connectivity index (χ3n) is 8.18. The van der Waals surface area contributed by atoms with Gasteiger partial charge in [-0.15, -0.1) is 13.2 Å². The van der Waals surface area contributed by atoms with Gasteiger partial charge in [-0.05, 0) is 75.8 Å². The first-order valence-electron chi connectivity index (χ1n) is 13.5. The molecule has 0 fully saturated rings. The van der Waals surface area contributed by atoms with Gasteiger partial charge in [0.1, 0.15) is 0 Å². The Morgan fingerprint density at radius 1 is 0.561 bits per heavy atom. The molecule has 2 atom stereocenters. The maximum atomic E-state index is 10.8. The van der Waals surface area contributed by atoms with Crippen LogP contribution in [0.25, 0.3) is 5.57 Å². The zero-order valence-electron chi connectivity index (χ0n) is 23.2. The largest absolute Gasteiger partial charge is 0.504 e. The first kappa shape index (κ1) is 29.1. The molecule has 1 aromatic carbocycles. The van der Waals surface area contributed by atoms with Gasteiger partial charge in [-0.2, -0.15) is 0 Å². The number of aromatic hydroxyl groups is 5. The lowest BCUT2D eigenvalue weighted by Gasteiger charge is -2.37. The van der Waals surface area contributed by atoms with E-state index in [2.05, 4.69) is 57.7 Å². The van der Waals surface area contributed by atoms with E-state index in [-0.39, 0.29) is 11.5 Å². The quantitative estimate of drug-likeness (QED) is 0.121. The van der Waals surface area contributed by atoms with Gasteiger partial charge in [-0.3, -0.25) is 0 Å². The van der Waals surface area contributed by atoms with E-state index in [9.17, 15) is 25.5 Å². The van der Waals surface area contributed by atoms with Crippen molar-refractivity contribution in [3.05, 3.63) is 144 Å². The summed E-state index contributed by atoms with van der Waals surface area (Å²) in [6, 6.07) is 0. The van der Waals surface area contributed by atoms with Crippen LogP contribution in [0.2, 0.25) is 0 Å². The van der Waals surface area contributed by atoms with Crippen molar-refractivity contribution >= 4 is 5.57 Å². The Morgan fingerprint density at radius 2 is 1.05 bits per heavy atom. The fourth-order valence-electron chi connectivity index (χ4n) is 6.28. The third-order valence-corrected chi connectivity index (χ3v) is 8.18. The monoisotopic (exact) mass is 548 g/mol. The second kappa shape index (κ2) is 11.7. The minimum Gasteiger partial charge on any atom is -0.504 e. The van der Waals surface area contributed by atoms with Gasteiger partial charge < -0.3 is 25.5 Å². The normalized spacial score (nSPS) is 21.0. The Balaban J connectivity index is 1.98. The fraction of sp³-hybridized carbons (Fsp3) is 0.167. The number of phenols is 5. The molecule has 0 aliphatic heterocycles. The smallest absolute Gasteiger partial charge is 0.208 e. The number of rotatable bonds is 9. The number of benzene rings is 1. The van der Waals surface area contributed by atoms with Crippen LogP contribution in [0.3, 0.4) is 0 Å². The molecule has 3 aliphatic rings. The molecule has 4 rings (SSSR count). The molecule has 0 spiro atoms. The van der Waals surface area contributed by atoms with E-state index in [1.165, 1.54) is 11.1 Å². The molecule has 41 heavy (non-hydrogen) atoms. The van der Waals surface area contributed by atoms with Gasteiger partial charge in [0.25, 0.3) is 0 Å². The van der Waals surface area contributed by atoms with Gasteiger partial charge in [0.05, 0.1) is 5.56 Å². The number of hydrogen-bond acceptors (Lipinski definition) is 5. The summed E-state index contributed by atoms with van der Waals surface area (Å²) in [6.45, 7) is 24.1. The van der Waals surface area contributed by atoms with Crippen molar-refractivity contribution in [2.75, 3.05) is 0 Å². The van der Waals surface area contributed by atoms with Gasteiger partial charge in [0.15, 0.2) is 11.5 Å². The molecular weight excluding hydrogens is 512 g/mol. The van der Waals surface area contributed by atoms with E-state index in [0.29, 0.717) is 16.7 Å². The average Bonchev–Trinajstić information content (AvgIpc) is 3.01. The highest BCUT2D eigenvalue weighted by Gasteiger charge is 2.38. The molecule has 0 heterocycles. The SMILES string of the molecule is C=CC1=CCCC(C2=CC=C(C3=C(C=C)C(C=C)=C(c4c(O)c(O)c(O)c(O)c4O)C(C=C)C3C=C)CC2)=C1C=C. The van der Waals surface area contributed by atoms with E-state index in [1.54, 1.807) is 24.3 Å². The van der Waals surface area contributed by atoms with Crippen molar-refractivity contribution in [2.24, 2.45) is 11.8 Å². The Hall–Kier alpha value is -4.90. The Labute approximate surface area is 241 Å². The standard InChI is InChI=1S/C36H36O5/c1-7-20-14-13-15-28(23(20)8-2)21-16-18-22(19-17-21)29-24(9-3)26(11-5)30(27(12-6)25(29)10-4)31-32(37)34(39)36(41)35(40)33(31)38/h7-12,14,16,18,24,26,37-41H,1-6,13,15,17,19H2. The number of allylic oxidation sites excluding steroid dienone is 18. The van der Waals surface area contributed by atoms with Crippen molar-refractivity contribution in [1.29, 1.82) is 0 Å². The molecule has 0 saturated carbocycles. The maximum absolute atomic E-state index is 10.8. The number of phenolic OH excluding ortho intramolecular Hbond substituents is 5. The van der Waals surface area contributed by atoms with Crippen LogP contribution in [0.1, 0.15) is 31.2 Å². The van der Waals surface area contributed by atoms with Crippen LogP contribution in [-0.4, -0.2) is 25.5 Å². The predicted molar refractivity (Wildman–Crippen MR) is 167 cm³/mol. The summed E-state index contributed by atoms with van der Waals surface area (Å²) < 4.78 is 0. The first-order chi connectivity index (χ1) is 19.7. The molecule has 210 valence electrons. The van der Waals surface area contributed by atoms with Crippen molar-refractivity contribution in [2.45, 2.75) is 25.7 Å². The molecule has 5 N–H and O–H groups in total. The van der Waals surface area contributed by atoms with Gasteiger partial charge in [-0.1, -0.05) is 81.0 Å². The van der Waals surface area contributed by atoms with Crippen LogP contribution >= 0.6 is 0 Å². The van der Waals surface area contributed by atoms with Crippen molar-refractivity contribution in [3.8, 4) is 28.7 Å². The van der Waals surface area contributed by atoms with Crippen LogP contribution in [0.4, 0.5) is 0 Å². The summed E-state index contributed by atoms with van der Waals surface area (Å²) in [5, 5.41) is 52.3. The molecule has 0 saturated heterocycles. The first-order valence-corrected chi connectivity index (χ1v) is 13.5. The molecule has 0 amide bonds. The molecule has 5 heteroatoms. The summed E-state index contributed by atoms with van der Waals surface area (Å²) in [6.07, 6.45) is 20.4. The molecule has 5 nitrogen and oxygen atoms in total. The Kier molecular flexibility index (Phi) is 8.29. The van der Waals surface area contributed by atoms with E-state index >= 15 is 0 Å². The Morgan fingerprint density at radius 3 is 1.54 bits per heavy atom. The van der Waals surface area contributed by atoms with Crippen molar-refractivity contribution in [1.82, 2.24) is 0 Å². The molecule has 3 aliphatic carbocycles. The fourth-order valence-corrected chi connectivity index (χ4v) is 6.28. The van der Waals surface area contributed by atoms with Gasteiger partial charge in [0.2, 0.25) is 17.2 Å². The van der Waals surface area contributed by atoms with Crippen LogP contribution < -0.4 is 0 Å². The number of hydrogen-bond donors (Lipinski definition) is 5.